The molecule has 0 saturated carbocycles. The van der Waals surface area contributed by atoms with E-state index in [4.69, 9.17) is 4.74 Å². The third kappa shape index (κ3) is 3.30. The van der Waals surface area contributed by atoms with Gasteiger partial charge in [0.05, 0.1) is 11.3 Å². The summed E-state index contributed by atoms with van der Waals surface area (Å²) in [6.45, 7) is 10.6. The van der Waals surface area contributed by atoms with E-state index in [0.717, 1.165) is 5.01 Å². The Morgan fingerprint density at radius 3 is 2.62 bits per heavy atom. The van der Waals surface area contributed by atoms with Gasteiger partial charge in [-0.1, -0.05) is 6.58 Å². The van der Waals surface area contributed by atoms with Crippen molar-refractivity contribution in [1.82, 2.24) is 14.7 Å². The molecule has 0 radical (unpaired) electrons. The van der Waals surface area contributed by atoms with E-state index in [1.165, 1.54) is 11.5 Å². The molecule has 0 atom stereocenters. The van der Waals surface area contributed by atoms with Crippen molar-refractivity contribution in [1.29, 1.82) is 0 Å². The zero-order valence-corrected chi connectivity index (χ0v) is 10.6. The first kappa shape index (κ1) is 12.6. The van der Waals surface area contributed by atoms with Crippen LogP contribution in [0, 0.1) is 6.92 Å². The van der Waals surface area contributed by atoms with E-state index in [1.54, 1.807) is 6.92 Å². The average molecular weight is 241 g/mol. The molecule has 0 aliphatic rings. The Labute approximate surface area is 98.7 Å². The van der Waals surface area contributed by atoms with Gasteiger partial charge < -0.3 is 10.1 Å². The minimum absolute atomic E-state index is 0.349. The fourth-order valence-electron chi connectivity index (χ4n) is 1.04. The van der Waals surface area contributed by atoms with Crippen LogP contribution in [0.5, 0.6) is 0 Å². The summed E-state index contributed by atoms with van der Waals surface area (Å²) in [4.78, 5) is 15.6. The number of ether oxygens (including phenoxy) is 1. The van der Waals surface area contributed by atoms with Crippen LogP contribution in [0.2, 0.25) is 0 Å². The Kier molecular flexibility index (Phi) is 3.64. The molecule has 88 valence electrons. The lowest BCUT2D eigenvalue weighted by atomic mass is 10.1. The molecule has 1 amide bonds. The lowest BCUT2D eigenvalue weighted by Crippen LogP contribution is -2.41. The van der Waals surface area contributed by atoms with Crippen molar-refractivity contribution in [2.75, 3.05) is 0 Å². The second-order valence-electron chi connectivity index (χ2n) is 3.99. The predicted octanol–water partition coefficient (Wildman–Crippen LogP) is 2.34. The highest BCUT2D eigenvalue weighted by Crippen LogP contribution is 2.21. The van der Waals surface area contributed by atoms with Gasteiger partial charge in [-0.05, 0) is 39.2 Å². The van der Waals surface area contributed by atoms with Gasteiger partial charge in [-0.15, -0.1) is 0 Å². The number of hydrogen-bond acceptors (Lipinski definition) is 5. The Morgan fingerprint density at radius 1 is 1.56 bits per heavy atom. The summed E-state index contributed by atoms with van der Waals surface area (Å²) in [5, 5.41) is 3.44. The maximum Gasteiger partial charge on any atom is 0.413 e. The normalized spacial score (nSPS) is 11.0. The summed E-state index contributed by atoms with van der Waals surface area (Å²) in [6.07, 6.45) is -0.537. The quantitative estimate of drug-likeness (QED) is 0.825. The highest BCUT2D eigenvalue weighted by molar-refractivity contribution is 7.05. The third-order valence-electron chi connectivity index (χ3n) is 1.74. The molecule has 1 rings (SSSR count). The Balaban J connectivity index is 2.71. The number of nitrogens with one attached hydrogen (secondary N) is 1. The summed E-state index contributed by atoms with van der Waals surface area (Å²) in [5.74, 6) is 1.05. The molecule has 0 spiro atoms. The second kappa shape index (κ2) is 4.61. The molecule has 16 heavy (non-hydrogen) atoms. The predicted molar refractivity (Wildman–Crippen MR) is 62.1 cm³/mol. The second-order valence-corrected chi connectivity index (χ2v) is 4.74. The van der Waals surface area contributed by atoms with Gasteiger partial charge in [-0.3, -0.25) is 0 Å². The lowest BCUT2D eigenvalue weighted by molar-refractivity contribution is 0.165. The van der Waals surface area contributed by atoms with Gasteiger partial charge in [0.2, 0.25) is 0 Å². The summed E-state index contributed by atoms with van der Waals surface area (Å²) in [6, 6.07) is 0. The molecule has 0 unspecified atom stereocenters. The van der Waals surface area contributed by atoms with E-state index in [-0.39, 0.29) is 0 Å². The number of carbonyl (C=O) groups is 1. The van der Waals surface area contributed by atoms with Crippen molar-refractivity contribution in [3.05, 3.63) is 23.2 Å². The van der Waals surface area contributed by atoms with Crippen LogP contribution < -0.4 is 5.32 Å². The number of rotatable bonds is 3. The number of alkyl carbamates (subject to hydrolysis) is 1. The van der Waals surface area contributed by atoms with Crippen LogP contribution in [0.1, 0.15) is 31.6 Å². The van der Waals surface area contributed by atoms with Gasteiger partial charge in [0.15, 0.2) is 0 Å². The number of aromatic nitrogens is 2. The molecule has 1 heterocycles. The fraction of sp³-hybridized carbons (Fsp3) is 0.500. The van der Waals surface area contributed by atoms with Crippen molar-refractivity contribution in [2.24, 2.45) is 0 Å². The highest BCUT2D eigenvalue weighted by atomic mass is 32.1. The standard InChI is InChI=1S/C10H15N3O2S/c1-6(2)15-9(14)12-10(4,5)8-11-7(3)13-16-8/h1H2,2-5H3,(H,12,14). The Morgan fingerprint density at radius 2 is 2.19 bits per heavy atom. The lowest BCUT2D eigenvalue weighted by Gasteiger charge is -2.22. The van der Waals surface area contributed by atoms with Crippen LogP contribution in [0.3, 0.4) is 0 Å². The molecular formula is C10H15N3O2S. The van der Waals surface area contributed by atoms with Crippen molar-refractivity contribution < 1.29 is 9.53 Å². The smallest absolute Gasteiger partial charge is 0.413 e. The van der Waals surface area contributed by atoms with E-state index in [1.807, 2.05) is 20.8 Å². The van der Waals surface area contributed by atoms with E-state index in [9.17, 15) is 4.79 Å². The largest absolute Gasteiger partial charge is 0.416 e. The van der Waals surface area contributed by atoms with Crippen LogP contribution >= 0.6 is 11.5 Å². The molecule has 0 bridgehead atoms. The van der Waals surface area contributed by atoms with Crippen molar-refractivity contribution in [3.63, 3.8) is 0 Å². The zero-order valence-electron chi connectivity index (χ0n) is 9.83. The highest BCUT2D eigenvalue weighted by Gasteiger charge is 2.27. The minimum atomic E-state index is -0.599. The monoisotopic (exact) mass is 241 g/mol. The Bertz CT molecular complexity index is 412. The molecule has 0 aliphatic heterocycles. The number of nitrogens with zero attached hydrogens (tertiary/aromatic N) is 2. The van der Waals surface area contributed by atoms with Crippen LogP contribution in [-0.2, 0) is 10.3 Å². The molecule has 1 aromatic rings. The van der Waals surface area contributed by atoms with Gasteiger partial charge in [0.1, 0.15) is 10.8 Å². The van der Waals surface area contributed by atoms with Gasteiger partial charge in [-0.2, -0.15) is 4.37 Å². The molecular weight excluding hydrogens is 226 g/mol. The summed E-state index contributed by atoms with van der Waals surface area (Å²) < 4.78 is 8.90. The van der Waals surface area contributed by atoms with E-state index < -0.39 is 11.6 Å². The van der Waals surface area contributed by atoms with E-state index in [0.29, 0.717) is 11.6 Å². The zero-order chi connectivity index (χ0) is 12.3. The SMILES string of the molecule is C=C(C)OC(=O)NC(C)(C)c1nc(C)ns1. The van der Waals surface area contributed by atoms with Crippen LogP contribution in [-0.4, -0.2) is 15.5 Å². The number of hydrogen-bond donors (Lipinski definition) is 1. The first-order valence-electron chi connectivity index (χ1n) is 4.77. The first-order chi connectivity index (χ1) is 7.31. The first-order valence-corrected chi connectivity index (χ1v) is 5.55. The average Bonchev–Trinajstić information content (AvgIpc) is 2.49. The Hall–Kier alpha value is -1.43. The maximum atomic E-state index is 11.4. The molecule has 0 aromatic carbocycles. The molecule has 6 heteroatoms. The maximum absolute atomic E-state index is 11.4. The summed E-state index contributed by atoms with van der Waals surface area (Å²) in [5.41, 5.74) is -0.599. The van der Waals surface area contributed by atoms with Gasteiger partial charge >= 0.3 is 6.09 Å². The molecule has 5 nitrogen and oxygen atoms in total. The topological polar surface area (TPSA) is 64.1 Å². The number of allylic oxidation sites excluding steroid dienone is 1. The number of amides is 1. The van der Waals surface area contributed by atoms with Crippen molar-refractivity contribution >= 4 is 17.6 Å². The van der Waals surface area contributed by atoms with Crippen molar-refractivity contribution in [3.8, 4) is 0 Å². The molecule has 0 aliphatic carbocycles. The minimum Gasteiger partial charge on any atom is -0.416 e. The molecule has 1 aromatic heterocycles. The number of aryl methyl sites for hydroxylation is 1. The van der Waals surface area contributed by atoms with Crippen LogP contribution in [0.25, 0.3) is 0 Å². The summed E-state index contributed by atoms with van der Waals surface area (Å²) >= 11 is 1.26. The molecule has 1 N–H and O–H groups in total. The molecule has 0 fully saturated rings. The molecule has 0 saturated heterocycles. The van der Waals surface area contributed by atoms with E-state index in [2.05, 4.69) is 21.3 Å². The van der Waals surface area contributed by atoms with Gasteiger partial charge in [-0.25, -0.2) is 9.78 Å². The fourth-order valence-corrected chi connectivity index (χ4v) is 1.75. The van der Waals surface area contributed by atoms with Gasteiger partial charge in [0, 0.05) is 0 Å². The van der Waals surface area contributed by atoms with Gasteiger partial charge in [0.25, 0.3) is 0 Å². The number of carbonyl (C=O) groups excluding carboxylic acids is 1. The van der Waals surface area contributed by atoms with Crippen LogP contribution in [0.4, 0.5) is 4.79 Å². The summed E-state index contributed by atoms with van der Waals surface area (Å²) in [7, 11) is 0. The van der Waals surface area contributed by atoms with Crippen LogP contribution in [0.15, 0.2) is 12.3 Å². The van der Waals surface area contributed by atoms with Crippen molar-refractivity contribution in [2.45, 2.75) is 33.2 Å². The third-order valence-corrected chi connectivity index (χ3v) is 2.87. The van der Waals surface area contributed by atoms with E-state index >= 15 is 0 Å².